The van der Waals surface area contributed by atoms with Gasteiger partial charge in [-0.3, -0.25) is 4.79 Å². The van der Waals surface area contributed by atoms with E-state index in [0.29, 0.717) is 45.1 Å². The zero-order chi connectivity index (χ0) is 25.6. The molecule has 7 nitrogen and oxygen atoms in total. The molecular formula is C28H43NO6. The molecule has 0 aromatic heterocycles. The van der Waals surface area contributed by atoms with Gasteiger partial charge in [0.2, 0.25) is 5.91 Å². The third-order valence-corrected chi connectivity index (χ3v) is 6.70. The molecule has 0 aliphatic heterocycles. The van der Waals surface area contributed by atoms with Crippen LogP contribution in [0.2, 0.25) is 0 Å². The number of aliphatic hydroxyl groups excluding tert-OH is 3. The minimum Gasteiger partial charge on any atom is -0.504 e. The number of phenolic OH excluding ortho intramolecular Hbond substituents is 2. The molecule has 35 heavy (non-hydrogen) atoms. The lowest BCUT2D eigenvalue weighted by Gasteiger charge is -2.19. The number of aromatic hydroxyl groups is 2. The number of hydrogen-bond donors (Lipinski definition) is 6. The van der Waals surface area contributed by atoms with E-state index in [1.165, 1.54) is 12.1 Å². The quantitative estimate of drug-likeness (QED) is 0.126. The molecule has 2 rings (SSSR count). The van der Waals surface area contributed by atoms with E-state index < -0.39 is 18.3 Å². The van der Waals surface area contributed by atoms with Crippen molar-refractivity contribution >= 4 is 5.91 Å². The zero-order valence-corrected chi connectivity index (χ0v) is 20.9. The molecule has 196 valence electrons. The Bertz CT molecular complexity index is 824. The van der Waals surface area contributed by atoms with E-state index in [-0.39, 0.29) is 29.2 Å². The van der Waals surface area contributed by atoms with Crippen molar-refractivity contribution in [3.63, 3.8) is 0 Å². The molecule has 1 aliphatic carbocycles. The standard InChI is InChI=1S/C28H43NO6/c1-2-3-6-9-21(30)13-14-23-22(25(32)19-26(23)33)10-7-4-5-8-11-28(35)29-17-16-20-12-15-24(31)27(34)18-20/h4,7,12-15,18,21-23,25-26,30-34H,2-3,5-6,8-11,16-17,19H2,1H3,(H,29,35)/b7-4+,14-13+/t21?,22-,23-,25+,26-/m1/s1. The first-order valence-corrected chi connectivity index (χ1v) is 13.0. The first kappa shape index (κ1) is 28.9. The minimum absolute atomic E-state index is 0.0292. The molecule has 0 spiro atoms. The maximum Gasteiger partial charge on any atom is 0.220 e. The van der Waals surface area contributed by atoms with Gasteiger partial charge in [-0.15, -0.1) is 0 Å². The Morgan fingerprint density at radius 1 is 1.11 bits per heavy atom. The first-order chi connectivity index (χ1) is 16.8. The van der Waals surface area contributed by atoms with E-state index >= 15 is 0 Å². The maximum atomic E-state index is 12.0. The van der Waals surface area contributed by atoms with E-state index in [2.05, 4.69) is 12.2 Å². The third-order valence-electron chi connectivity index (χ3n) is 6.70. The lowest BCUT2D eigenvalue weighted by Crippen LogP contribution is -2.25. The summed E-state index contributed by atoms with van der Waals surface area (Å²) in [5, 5.41) is 52.5. The monoisotopic (exact) mass is 489 g/mol. The Balaban J connectivity index is 1.65. The van der Waals surface area contributed by atoms with Crippen molar-refractivity contribution in [2.24, 2.45) is 11.8 Å². The van der Waals surface area contributed by atoms with E-state index in [0.717, 1.165) is 31.2 Å². The number of amides is 1. The van der Waals surface area contributed by atoms with Crippen molar-refractivity contribution in [3.8, 4) is 11.5 Å². The van der Waals surface area contributed by atoms with Crippen molar-refractivity contribution in [1.29, 1.82) is 0 Å². The van der Waals surface area contributed by atoms with Crippen molar-refractivity contribution in [1.82, 2.24) is 5.32 Å². The summed E-state index contributed by atoms with van der Waals surface area (Å²) in [6.07, 6.45) is 13.3. The number of carbonyl (C=O) groups excluding carboxylic acids is 1. The van der Waals surface area contributed by atoms with Crippen LogP contribution in [0.3, 0.4) is 0 Å². The van der Waals surface area contributed by atoms with E-state index in [4.69, 9.17) is 0 Å². The van der Waals surface area contributed by atoms with Gasteiger partial charge in [0, 0.05) is 25.3 Å². The predicted octanol–water partition coefficient (Wildman–Crippen LogP) is 3.73. The number of nitrogens with one attached hydrogen (secondary N) is 1. The second-order valence-corrected chi connectivity index (χ2v) is 9.58. The highest BCUT2D eigenvalue weighted by atomic mass is 16.3. The number of benzene rings is 1. The third kappa shape index (κ3) is 10.4. The second-order valence-electron chi connectivity index (χ2n) is 9.58. The molecule has 1 aromatic rings. The summed E-state index contributed by atoms with van der Waals surface area (Å²) in [4.78, 5) is 12.0. The van der Waals surface area contributed by atoms with Gasteiger partial charge in [-0.2, -0.15) is 0 Å². The number of carbonyl (C=O) groups is 1. The highest BCUT2D eigenvalue weighted by Crippen LogP contribution is 2.36. The highest BCUT2D eigenvalue weighted by molar-refractivity contribution is 5.75. The maximum absolute atomic E-state index is 12.0. The summed E-state index contributed by atoms with van der Waals surface area (Å²) < 4.78 is 0. The number of rotatable bonds is 15. The molecular weight excluding hydrogens is 446 g/mol. The number of phenols is 2. The Kier molecular flexibility index (Phi) is 12.9. The molecule has 6 N–H and O–H groups in total. The van der Waals surface area contributed by atoms with Gasteiger partial charge in [0.05, 0.1) is 18.3 Å². The molecule has 1 aliphatic rings. The summed E-state index contributed by atoms with van der Waals surface area (Å²) in [7, 11) is 0. The average Bonchev–Trinajstić information content (AvgIpc) is 3.09. The number of hydrogen-bond acceptors (Lipinski definition) is 6. The van der Waals surface area contributed by atoms with Gasteiger partial charge >= 0.3 is 0 Å². The molecule has 5 atom stereocenters. The number of aliphatic hydroxyl groups is 3. The molecule has 1 amide bonds. The summed E-state index contributed by atoms with van der Waals surface area (Å²) in [6.45, 7) is 2.59. The van der Waals surface area contributed by atoms with Gasteiger partial charge < -0.3 is 30.8 Å². The SMILES string of the molecule is CCCCCC(O)/C=C/[C@@H]1[C@@H](C/C=C/CCCC(=O)NCCc2ccc(O)c(O)c2)[C@@H](O)C[C@H]1O. The molecule has 7 heteroatoms. The second kappa shape index (κ2) is 15.6. The normalized spacial score (nSPS) is 23.3. The number of allylic oxidation sites excluding steroid dienone is 2. The first-order valence-electron chi connectivity index (χ1n) is 13.0. The van der Waals surface area contributed by atoms with Gasteiger partial charge in [-0.25, -0.2) is 0 Å². The minimum atomic E-state index is -0.600. The Labute approximate surface area is 209 Å². The van der Waals surface area contributed by atoms with E-state index in [1.54, 1.807) is 12.1 Å². The van der Waals surface area contributed by atoms with Gasteiger partial charge in [-0.05, 0) is 55.7 Å². The van der Waals surface area contributed by atoms with E-state index in [9.17, 15) is 30.3 Å². The van der Waals surface area contributed by atoms with Crippen LogP contribution in [0.25, 0.3) is 0 Å². The molecule has 1 unspecified atom stereocenters. The van der Waals surface area contributed by atoms with Crippen LogP contribution in [-0.4, -0.2) is 56.3 Å². The van der Waals surface area contributed by atoms with Crippen LogP contribution in [0.1, 0.15) is 70.3 Å². The molecule has 1 fully saturated rings. The van der Waals surface area contributed by atoms with E-state index in [1.807, 2.05) is 18.2 Å². The molecule has 1 saturated carbocycles. The summed E-state index contributed by atoms with van der Waals surface area (Å²) in [5.41, 5.74) is 0.835. The highest BCUT2D eigenvalue weighted by Gasteiger charge is 2.39. The lowest BCUT2D eigenvalue weighted by molar-refractivity contribution is -0.121. The summed E-state index contributed by atoms with van der Waals surface area (Å²) >= 11 is 0. The zero-order valence-electron chi connectivity index (χ0n) is 20.9. The van der Waals surface area contributed by atoms with Crippen molar-refractivity contribution in [2.75, 3.05) is 6.54 Å². The molecule has 1 aromatic carbocycles. The van der Waals surface area contributed by atoms with Gasteiger partial charge in [0.25, 0.3) is 0 Å². The van der Waals surface area contributed by atoms with Crippen LogP contribution in [0.4, 0.5) is 0 Å². The number of unbranched alkanes of at least 4 members (excludes halogenated alkanes) is 3. The van der Waals surface area contributed by atoms with Crippen molar-refractivity contribution in [2.45, 2.75) is 89.4 Å². The van der Waals surface area contributed by atoms with Crippen molar-refractivity contribution in [3.05, 3.63) is 48.1 Å². The van der Waals surface area contributed by atoms with Crippen LogP contribution in [0.5, 0.6) is 11.5 Å². The fourth-order valence-electron chi connectivity index (χ4n) is 4.57. The Hall–Kier alpha value is -2.35. The van der Waals surface area contributed by atoms with Crippen molar-refractivity contribution < 1.29 is 30.3 Å². The van der Waals surface area contributed by atoms with Crippen LogP contribution >= 0.6 is 0 Å². The summed E-state index contributed by atoms with van der Waals surface area (Å²) in [5.74, 6) is -0.603. The van der Waals surface area contributed by atoms with Gasteiger partial charge in [-0.1, -0.05) is 56.6 Å². The summed E-state index contributed by atoms with van der Waals surface area (Å²) in [6, 6.07) is 4.63. The molecule has 0 bridgehead atoms. The smallest absolute Gasteiger partial charge is 0.220 e. The topological polar surface area (TPSA) is 130 Å². The Morgan fingerprint density at radius 3 is 2.66 bits per heavy atom. The van der Waals surface area contributed by atoms with Gasteiger partial charge in [0.1, 0.15) is 0 Å². The van der Waals surface area contributed by atoms with Crippen LogP contribution in [-0.2, 0) is 11.2 Å². The average molecular weight is 490 g/mol. The Morgan fingerprint density at radius 2 is 1.91 bits per heavy atom. The predicted molar refractivity (Wildman–Crippen MR) is 137 cm³/mol. The fraction of sp³-hybridized carbons (Fsp3) is 0.607. The largest absolute Gasteiger partial charge is 0.504 e. The molecule has 0 heterocycles. The molecule has 0 radical (unpaired) electrons. The molecule has 0 saturated heterocycles. The van der Waals surface area contributed by atoms with Gasteiger partial charge in [0.15, 0.2) is 11.5 Å². The fourth-order valence-corrected chi connectivity index (χ4v) is 4.57. The lowest BCUT2D eigenvalue weighted by atomic mass is 9.89. The van der Waals surface area contributed by atoms with Crippen LogP contribution in [0, 0.1) is 11.8 Å². The van der Waals surface area contributed by atoms with Crippen LogP contribution in [0.15, 0.2) is 42.5 Å². The van der Waals surface area contributed by atoms with Crippen LogP contribution < -0.4 is 5.32 Å².